The van der Waals surface area contributed by atoms with Crippen LogP contribution in [0.5, 0.6) is 0 Å². The number of fused-ring (bicyclic) bond motifs is 1. The lowest BCUT2D eigenvalue weighted by Gasteiger charge is -2.22. The molecule has 1 amide bonds. The van der Waals surface area contributed by atoms with E-state index in [2.05, 4.69) is 10.4 Å². The van der Waals surface area contributed by atoms with Crippen LogP contribution in [0, 0.1) is 0 Å². The number of aromatic nitrogens is 1. The number of nitrogens with two attached hydrogens (primary N) is 1. The number of carbonyl (C=O) groups excluding carboxylic acids is 1. The summed E-state index contributed by atoms with van der Waals surface area (Å²) in [4.78, 5) is 18.7. The number of amides is 1. The van der Waals surface area contributed by atoms with Crippen LogP contribution < -0.4 is 11.3 Å². The number of hydrazine groups is 1. The first kappa shape index (κ1) is 13.6. The molecule has 2 aromatic rings. The Kier molecular flexibility index (Phi) is 3.83. The van der Waals surface area contributed by atoms with Gasteiger partial charge in [-0.15, -0.1) is 0 Å². The van der Waals surface area contributed by atoms with E-state index in [4.69, 9.17) is 5.84 Å². The number of hydrogen-bond donors (Lipinski definition) is 2. The van der Waals surface area contributed by atoms with Crippen LogP contribution in [0.15, 0.2) is 42.6 Å². The summed E-state index contributed by atoms with van der Waals surface area (Å²) in [6, 6.07) is 11.6. The fourth-order valence-electron chi connectivity index (χ4n) is 2.73. The first-order valence-electron chi connectivity index (χ1n) is 7.07. The van der Waals surface area contributed by atoms with E-state index in [1.165, 1.54) is 0 Å². The second-order valence-electron chi connectivity index (χ2n) is 5.14. The van der Waals surface area contributed by atoms with Gasteiger partial charge in [-0.1, -0.05) is 24.3 Å². The van der Waals surface area contributed by atoms with Gasteiger partial charge in [0, 0.05) is 30.4 Å². The predicted octanol–water partition coefficient (Wildman–Crippen LogP) is 1.96. The molecule has 0 aliphatic carbocycles. The normalized spacial score (nSPS) is 14.5. The van der Waals surface area contributed by atoms with Gasteiger partial charge in [-0.05, 0) is 30.5 Å². The minimum Gasteiger partial charge on any atom is -0.334 e. The highest BCUT2D eigenvalue weighted by Crippen LogP contribution is 2.21. The molecule has 0 bridgehead atoms. The average molecular weight is 282 g/mol. The molecule has 0 saturated carbocycles. The minimum atomic E-state index is 0.0786. The largest absolute Gasteiger partial charge is 0.334 e. The van der Waals surface area contributed by atoms with E-state index < -0.39 is 0 Å². The molecule has 0 saturated heterocycles. The molecule has 21 heavy (non-hydrogen) atoms. The molecular weight excluding hydrogens is 264 g/mol. The fourth-order valence-corrected chi connectivity index (χ4v) is 2.73. The van der Waals surface area contributed by atoms with Crippen molar-refractivity contribution < 1.29 is 4.79 Å². The molecule has 1 aliphatic rings. The topological polar surface area (TPSA) is 71.2 Å². The maximum atomic E-state index is 12.7. The number of carbonyl (C=O) groups is 1. The van der Waals surface area contributed by atoms with Crippen molar-refractivity contribution in [1.29, 1.82) is 0 Å². The highest BCUT2D eigenvalue weighted by Gasteiger charge is 2.22. The molecular formula is C16H18N4O. The first-order valence-corrected chi connectivity index (χ1v) is 7.07. The molecule has 3 N–H and O–H groups in total. The van der Waals surface area contributed by atoms with Gasteiger partial charge in [0.25, 0.3) is 5.91 Å². The lowest BCUT2D eigenvalue weighted by atomic mass is 10.0. The number of aryl methyl sites for hydroxylation is 1. The molecule has 108 valence electrons. The Labute approximate surface area is 123 Å². The second-order valence-corrected chi connectivity index (χ2v) is 5.14. The van der Waals surface area contributed by atoms with Crippen molar-refractivity contribution in [3.63, 3.8) is 0 Å². The fraction of sp³-hybridized carbons (Fsp3) is 0.250. The number of nitrogen functional groups attached to an aromatic ring is 1. The summed E-state index contributed by atoms with van der Waals surface area (Å²) < 4.78 is 0. The van der Waals surface area contributed by atoms with Gasteiger partial charge in [0.15, 0.2) is 0 Å². The number of anilines is 1. The smallest absolute Gasteiger partial charge is 0.254 e. The van der Waals surface area contributed by atoms with Crippen LogP contribution in [-0.2, 0) is 13.0 Å². The van der Waals surface area contributed by atoms with Crippen LogP contribution in [-0.4, -0.2) is 22.3 Å². The third kappa shape index (κ3) is 2.73. The van der Waals surface area contributed by atoms with E-state index in [9.17, 15) is 4.79 Å². The highest BCUT2D eigenvalue weighted by molar-refractivity contribution is 5.96. The van der Waals surface area contributed by atoms with Gasteiger partial charge >= 0.3 is 0 Å². The summed E-state index contributed by atoms with van der Waals surface area (Å²) in [6.07, 6.45) is 3.58. The number of benzene rings is 1. The molecule has 5 heteroatoms. The van der Waals surface area contributed by atoms with Gasteiger partial charge in [0.2, 0.25) is 0 Å². The zero-order chi connectivity index (χ0) is 14.7. The Bertz CT molecular complexity index is 656. The Hall–Kier alpha value is -2.40. The van der Waals surface area contributed by atoms with Gasteiger partial charge in [0.05, 0.1) is 0 Å². The summed E-state index contributed by atoms with van der Waals surface area (Å²) in [7, 11) is 0. The third-order valence-corrected chi connectivity index (χ3v) is 3.80. The highest BCUT2D eigenvalue weighted by atomic mass is 16.2. The molecule has 0 fully saturated rings. The van der Waals surface area contributed by atoms with E-state index in [0.29, 0.717) is 12.4 Å². The maximum Gasteiger partial charge on any atom is 0.254 e. The van der Waals surface area contributed by atoms with Crippen LogP contribution in [0.3, 0.4) is 0 Å². The molecule has 0 radical (unpaired) electrons. The maximum absolute atomic E-state index is 12.7. The molecule has 0 unspecified atom stereocenters. The van der Waals surface area contributed by atoms with Crippen LogP contribution in [0.25, 0.3) is 0 Å². The third-order valence-electron chi connectivity index (χ3n) is 3.80. The van der Waals surface area contributed by atoms with Gasteiger partial charge in [-0.25, -0.2) is 10.8 Å². The molecule has 5 nitrogen and oxygen atoms in total. The van der Waals surface area contributed by atoms with Gasteiger partial charge in [-0.3, -0.25) is 4.79 Å². The Balaban J connectivity index is 1.88. The van der Waals surface area contributed by atoms with Crippen LogP contribution in [0.4, 0.5) is 5.82 Å². The molecule has 0 spiro atoms. The van der Waals surface area contributed by atoms with E-state index in [1.807, 2.05) is 41.3 Å². The quantitative estimate of drug-likeness (QED) is 0.667. The summed E-state index contributed by atoms with van der Waals surface area (Å²) in [5.41, 5.74) is 5.45. The Morgan fingerprint density at radius 3 is 2.95 bits per heavy atom. The Morgan fingerprint density at radius 2 is 2.10 bits per heavy atom. The molecule has 2 heterocycles. The number of nitrogens with one attached hydrogen (secondary N) is 1. The summed E-state index contributed by atoms with van der Waals surface area (Å²) in [5, 5.41) is 0. The summed E-state index contributed by atoms with van der Waals surface area (Å²) >= 11 is 0. The first-order chi connectivity index (χ1) is 10.3. The molecule has 1 aliphatic heterocycles. The van der Waals surface area contributed by atoms with E-state index in [0.717, 1.165) is 36.1 Å². The summed E-state index contributed by atoms with van der Waals surface area (Å²) in [6.45, 7) is 1.26. The van der Waals surface area contributed by atoms with Crippen molar-refractivity contribution >= 4 is 11.7 Å². The molecule has 1 aromatic heterocycles. The zero-order valence-electron chi connectivity index (χ0n) is 11.7. The monoisotopic (exact) mass is 282 g/mol. The standard InChI is InChI=1S/C16H18N4O/c17-19-15-13(6-3-9-18-15)11-20-10-4-7-12-5-1-2-8-14(12)16(20)21/h1-3,5-6,8-9H,4,7,10-11,17H2,(H,18,19). The SMILES string of the molecule is NNc1ncccc1CN1CCCc2ccccc2C1=O. The van der Waals surface area contributed by atoms with Crippen molar-refractivity contribution in [1.82, 2.24) is 9.88 Å². The number of rotatable bonds is 3. The molecule has 0 atom stereocenters. The second kappa shape index (κ2) is 5.93. The average Bonchev–Trinajstić information content (AvgIpc) is 2.68. The van der Waals surface area contributed by atoms with Crippen molar-refractivity contribution in [2.75, 3.05) is 12.0 Å². The predicted molar refractivity (Wildman–Crippen MR) is 81.6 cm³/mol. The van der Waals surface area contributed by atoms with Crippen molar-refractivity contribution in [3.05, 3.63) is 59.3 Å². The van der Waals surface area contributed by atoms with E-state index in [-0.39, 0.29) is 5.91 Å². The summed E-state index contributed by atoms with van der Waals surface area (Å²) in [5.74, 6) is 6.17. The number of nitrogens with zero attached hydrogens (tertiary/aromatic N) is 2. The van der Waals surface area contributed by atoms with Crippen molar-refractivity contribution in [3.8, 4) is 0 Å². The van der Waals surface area contributed by atoms with Gasteiger partial charge in [0.1, 0.15) is 5.82 Å². The van der Waals surface area contributed by atoms with Crippen molar-refractivity contribution in [2.45, 2.75) is 19.4 Å². The van der Waals surface area contributed by atoms with Crippen LogP contribution >= 0.6 is 0 Å². The van der Waals surface area contributed by atoms with E-state index >= 15 is 0 Å². The van der Waals surface area contributed by atoms with E-state index in [1.54, 1.807) is 6.20 Å². The minimum absolute atomic E-state index is 0.0786. The number of pyridine rings is 1. The van der Waals surface area contributed by atoms with Crippen molar-refractivity contribution in [2.24, 2.45) is 5.84 Å². The number of hydrogen-bond acceptors (Lipinski definition) is 4. The zero-order valence-corrected chi connectivity index (χ0v) is 11.7. The molecule has 3 rings (SSSR count). The van der Waals surface area contributed by atoms with Crippen LogP contribution in [0.1, 0.15) is 27.9 Å². The lowest BCUT2D eigenvalue weighted by molar-refractivity contribution is 0.0749. The van der Waals surface area contributed by atoms with Crippen LogP contribution in [0.2, 0.25) is 0 Å². The van der Waals surface area contributed by atoms with Gasteiger partial charge < -0.3 is 10.3 Å². The van der Waals surface area contributed by atoms with Gasteiger partial charge in [-0.2, -0.15) is 0 Å². The lowest BCUT2D eigenvalue weighted by Crippen LogP contribution is -2.31. The Morgan fingerprint density at radius 1 is 1.24 bits per heavy atom. The molecule has 1 aromatic carbocycles.